The minimum Gasteiger partial charge on any atom is -0.316 e. The van der Waals surface area contributed by atoms with E-state index in [4.69, 9.17) is 18.0 Å². The van der Waals surface area contributed by atoms with Gasteiger partial charge in [0.2, 0.25) is 0 Å². The topological polar surface area (TPSA) is 12.0 Å². The molecule has 0 spiro atoms. The summed E-state index contributed by atoms with van der Waals surface area (Å²) in [6, 6.07) is 8.38. The van der Waals surface area contributed by atoms with Crippen molar-refractivity contribution in [2.75, 3.05) is 12.8 Å². The van der Waals surface area contributed by atoms with Crippen LogP contribution in [-0.4, -0.2) is 18.8 Å². The Hall–Kier alpha value is -0.620. The van der Waals surface area contributed by atoms with Gasteiger partial charge in [0.25, 0.3) is 0 Å². The summed E-state index contributed by atoms with van der Waals surface area (Å²) >= 11 is 7.72. The average Bonchev–Trinajstić information content (AvgIpc) is 2.29. The van der Waals surface area contributed by atoms with E-state index in [-0.39, 0.29) is 0 Å². The summed E-state index contributed by atoms with van der Waals surface area (Å²) in [5.74, 6) is 3.68. The second kappa shape index (κ2) is 7.62. The Labute approximate surface area is 107 Å². The maximum atomic E-state index is 5.92. The van der Waals surface area contributed by atoms with E-state index in [9.17, 15) is 0 Å². The smallest absolute Gasteiger partial charge is 0.0417 e. The maximum absolute atomic E-state index is 5.92. The van der Waals surface area contributed by atoms with Crippen LogP contribution in [0.5, 0.6) is 0 Å². The summed E-state index contributed by atoms with van der Waals surface area (Å²) in [5, 5.41) is 4.06. The first-order valence-corrected chi connectivity index (χ1v) is 6.61. The number of hydrogen-bond donors (Lipinski definition) is 1. The molecule has 0 bridgehead atoms. The molecule has 0 radical (unpaired) electrons. The molecule has 1 N–H and O–H groups in total. The largest absolute Gasteiger partial charge is 0.316 e. The third-order valence-electron chi connectivity index (χ3n) is 2.29. The number of benzene rings is 1. The van der Waals surface area contributed by atoms with Crippen molar-refractivity contribution in [1.82, 2.24) is 5.32 Å². The zero-order valence-corrected chi connectivity index (χ0v) is 10.9. The first-order chi connectivity index (χ1) is 7.76. The Morgan fingerprint density at radius 3 is 3.00 bits per heavy atom. The van der Waals surface area contributed by atoms with Gasteiger partial charge >= 0.3 is 0 Å². The molecule has 16 heavy (non-hydrogen) atoms. The molecule has 1 nitrogen and oxygen atoms in total. The van der Waals surface area contributed by atoms with E-state index in [0.29, 0.717) is 6.04 Å². The van der Waals surface area contributed by atoms with Gasteiger partial charge in [-0.15, -0.1) is 24.1 Å². The molecule has 0 saturated heterocycles. The van der Waals surface area contributed by atoms with Crippen LogP contribution in [-0.2, 0) is 0 Å². The fourth-order valence-corrected chi connectivity index (χ4v) is 2.69. The highest BCUT2D eigenvalue weighted by molar-refractivity contribution is 7.99. The van der Waals surface area contributed by atoms with Gasteiger partial charge in [0.05, 0.1) is 0 Å². The monoisotopic (exact) mass is 253 g/mol. The molecule has 3 heteroatoms. The van der Waals surface area contributed by atoms with Crippen LogP contribution in [0, 0.1) is 12.3 Å². The van der Waals surface area contributed by atoms with Gasteiger partial charge in [-0.25, -0.2) is 0 Å². The third kappa shape index (κ3) is 4.94. The van der Waals surface area contributed by atoms with Gasteiger partial charge in [0, 0.05) is 28.1 Å². The van der Waals surface area contributed by atoms with Gasteiger partial charge in [0.15, 0.2) is 0 Å². The molecule has 0 saturated carbocycles. The van der Waals surface area contributed by atoms with Gasteiger partial charge in [-0.1, -0.05) is 17.7 Å². The van der Waals surface area contributed by atoms with E-state index < -0.39 is 0 Å². The highest BCUT2D eigenvalue weighted by atomic mass is 35.5. The first kappa shape index (κ1) is 13.4. The molecular weight excluding hydrogens is 238 g/mol. The van der Waals surface area contributed by atoms with Crippen LogP contribution in [0.15, 0.2) is 29.2 Å². The Bertz CT molecular complexity index is 359. The molecule has 1 aromatic rings. The molecule has 1 unspecified atom stereocenters. The first-order valence-electron chi connectivity index (χ1n) is 5.25. The van der Waals surface area contributed by atoms with Crippen molar-refractivity contribution in [1.29, 1.82) is 0 Å². The number of hydrogen-bond acceptors (Lipinski definition) is 2. The molecule has 0 aliphatic carbocycles. The Morgan fingerprint density at radius 2 is 2.38 bits per heavy atom. The van der Waals surface area contributed by atoms with Crippen LogP contribution >= 0.6 is 23.4 Å². The minimum atomic E-state index is 0.458. The Morgan fingerprint density at radius 1 is 1.56 bits per heavy atom. The fourth-order valence-electron chi connectivity index (χ4n) is 1.32. The van der Waals surface area contributed by atoms with Crippen LogP contribution in [0.1, 0.15) is 12.8 Å². The lowest BCUT2D eigenvalue weighted by atomic mass is 10.2. The highest BCUT2D eigenvalue weighted by Gasteiger charge is 2.05. The van der Waals surface area contributed by atoms with Crippen molar-refractivity contribution in [2.45, 2.75) is 23.8 Å². The fraction of sp³-hybridized carbons (Fsp3) is 0.385. The molecular formula is C13H16ClNS. The van der Waals surface area contributed by atoms with Crippen molar-refractivity contribution in [3.8, 4) is 12.3 Å². The number of halogens is 1. The number of thioether (sulfide) groups is 1. The number of nitrogens with one attached hydrogen (secondary N) is 1. The van der Waals surface area contributed by atoms with Gasteiger partial charge < -0.3 is 5.32 Å². The van der Waals surface area contributed by atoms with Gasteiger partial charge in [0.1, 0.15) is 0 Å². The molecule has 1 aromatic carbocycles. The van der Waals surface area contributed by atoms with Gasteiger partial charge in [-0.3, -0.25) is 0 Å². The Kier molecular flexibility index (Phi) is 6.40. The van der Waals surface area contributed by atoms with Crippen molar-refractivity contribution in [3.63, 3.8) is 0 Å². The van der Waals surface area contributed by atoms with Crippen LogP contribution in [0.25, 0.3) is 0 Å². The minimum absolute atomic E-state index is 0.458. The van der Waals surface area contributed by atoms with Crippen molar-refractivity contribution < 1.29 is 0 Å². The van der Waals surface area contributed by atoms with E-state index in [1.54, 1.807) is 11.8 Å². The van der Waals surface area contributed by atoms with Crippen molar-refractivity contribution in [2.24, 2.45) is 0 Å². The van der Waals surface area contributed by atoms with E-state index in [0.717, 1.165) is 23.6 Å². The van der Waals surface area contributed by atoms with E-state index in [1.807, 2.05) is 25.2 Å². The van der Waals surface area contributed by atoms with Crippen LogP contribution in [0.2, 0.25) is 5.02 Å². The molecule has 0 aromatic heterocycles. The van der Waals surface area contributed by atoms with E-state index >= 15 is 0 Å². The lowest BCUT2D eigenvalue weighted by Gasteiger charge is -2.14. The van der Waals surface area contributed by atoms with Gasteiger partial charge in [-0.2, -0.15) is 0 Å². The van der Waals surface area contributed by atoms with Crippen LogP contribution in [0.4, 0.5) is 0 Å². The quantitative estimate of drug-likeness (QED) is 0.616. The predicted octanol–water partition coefficient (Wildman–Crippen LogP) is 3.43. The van der Waals surface area contributed by atoms with Gasteiger partial charge in [-0.05, 0) is 31.7 Å². The molecule has 0 amide bonds. The second-order valence-electron chi connectivity index (χ2n) is 3.50. The molecule has 0 aliphatic heterocycles. The van der Waals surface area contributed by atoms with Crippen LogP contribution in [0.3, 0.4) is 0 Å². The second-order valence-corrected chi connectivity index (χ2v) is 5.03. The summed E-state index contributed by atoms with van der Waals surface area (Å²) in [4.78, 5) is 1.20. The number of terminal acetylenes is 1. The molecule has 1 rings (SSSR count). The lowest BCUT2D eigenvalue weighted by molar-refractivity contribution is 0.582. The number of rotatable bonds is 6. The summed E-state index contributed by atoms with van der Waals surface area (Å²) in [6.45, 7) is 0. The van der Waals surface area contributed by atoms with Crippen LogP contribution < -0.4 is 5.32 Å². The Balaban J connectivity index is 2.40. The molecule has 86 valence electrons. The normalized spacial score (nSPS) is 12.1. The summed E-state index contributed by atoms with van der Waals surface area (Å²) in [7, 11) is 1.97. The zero-order valence-electron chi connectivity index (χ0n) is 9.37. The van der Waals surface area contributed by atoms with Crippen molar-refractivity contribution >= 4 is 23.4 Å². The highest BCUT2D eigenvalue weighted by Crippen LogP contribution is 2.22. The summed E-state index contributed by atoms with van der Waals surface area (Å²) in [5.41, 5.74) is 0. The standard InChI is InChI=1S/C13H16ClNS/c1-3-4-7-12(15-2)10-16-13-8-5-6-11(14)9-13/h1,5-6,8-9,12,15H,4,7,10H2,2H3. The molecule has 0 aliphatic rings. The molecule has 0 heterocycles. The van der Waals surface area contributed by atoms with E-state index in [1.165, 1.54) is 4.90 Å². The van der Waals surface area contributed by atoms with Crippen molar-refractivity contribution in [3.05, 3.63) is 29.3 Å². The zero-order chi connectivity index (χ0) is 11.8. The average molecular weight is 254 g/mol. The predicted molar refractivity (Wildman–Crippen MR) is 73.1 cm³/mol. The lowest BCUT2D eigenvalue weighted by Crippen LogP contribution is -2.27. The SMILES string of the molecule is C#CCCC(CSc1cccc(Cl)c1)NC. The molecule has 0 fully saturated rings. The summed E-state index contributed by atoms with van der Waals surface area (Å²) < 4.78 is 0. The summed E-state index contributed by atoms with van der Waals surface area (Å²) in [6.07, 6.45) is 7.09. The van der Waals surface area contributed by atoms with E-state index in [2.05, 4.69) is 17.3 Å². The third-order valence-corrected chi connectivity index (χ3v) is 3.68. The molecule has 1 atom stereocenters. The maximum Gasteiger partial charge on any atom is 0.0417 e.